The molecular weight excluding hydrogens is 240 g/mol. The van der Waals surface area contributed by atoms with Gasteiger partial charge in [-0.2, -0.15) is 10.2 Å². The second-order valence-electron chi connectivity index (χ2n) is 3.91. The van der Waals surface area contributed by atoms with Crippen LogP contribution in [-0.4, -0.2) is 24.1 Å². The minimum absolute atomic E-state index is 0.0569. The van der Waals surface area contributed by atoms with Crippen LogP contribution in [0.2, 0.25) is 0 Å². The van der Waals surface area contributed by atoms with E-state index < -0.39 is 0 Å². The first-order chi connectivity index (χ1) is 9.22. The molecule has 0 unspecified atom stereocenters. The van der Waals surface area contributed by atoms with Crippen LogP contribution in [-0.2, 0) is 0 Å². The van der Waals surface area contributed by atoms with Gasteiger partial charge in [0.05, 0.1) is 19.0 Å². The molecule has 0 saturated heterocycles. The van der Waals surface area contributed by atoms with Crippen LogP contribution in [0.25, 0.3) is 0 Å². The highest BCUT2D eigenvalue weighted by Gasteiger charge is 2.04. The molecule has 4 nitrogen and oxygen atoms in total. The van der Waals surface area contributed by atoms with Crippen molar-refractivity contribution in [2.45, 2.75) is 6.92 Å². The second-order valence-corrected chi connectivity index (χ2v) is 3.91. The zero-order valence-corrected chi connectivity index (χ0v) is 10.8. The van der Waals surface area contributed by atoms with Gasteiger partial charge in [0.1, 0.15) is 0 Å². The number of hydrogen-bond acceptors (Lipinski definition) is 4. The summed E-state index contributed by atoms with van der Waals surface area (Å²) in [5.74, 6) is 0.468. The Hall–Kier alpha value is -2.58. The number of hydrogen-bond donors (Lipinski definition) is 1. The molecule has 1 aliphatic carbocycles. The van der Waals surface area contributed by atoms with Crippen LogP contribution in [0.5, 0.6) is 11.5 Å². The smallest absolute Gasteiger partial charge is 0.166 e. The monoisotopic (exact) mass is 254 g/mol. The molecule has 0 radical (unpaired) electrons. The lowest BCUT2D eigenvalue weighted by Gasteiger charge is -2.04. The zero-order chi connectivity index (χ0) is 13.7. The maximum Gasteiger partial charge on any atom is 0.166 e. The van der Waals surface area contributed by atoms with Gasteiger partial charge in [0.2, 0.25) is 0 Å². The van der Waals surface area contributed by atoms with E-state index in [-0.39, 0.29) is 5.75 Å². The molecule has 0 fully saturated rings. The minimum Gasteiger partial charge on any atom is -0.504 e. The first-order valence-corrected chi connectivity index (χ1v) is 5.79. The molecule has 1 aromatic rings. The Morgan fingerprint density at radius 2 is 2.26 bits per heavy atom. The molecule has 19 heavy (non-hydrogen) atoms. The third-order valence-corrected chi connectivity index (χ3v) is 2.64. The third-order valence-electron chi connectivity index (χ3n) is 2.64. The van der Waals surface area contributed by atoms with Crippen LogP contribution >= 0.6 is 0 Å². The summed E-state index contributed by atoms with van der Waals surface area (Å²) in [5, 5.41) is 17.9. The molecule has 0 atom stereocenters. The Morgan fingerprint density at radius 3 is 2.95 bits per heavy atom. The Bertz CT molecular complexity index is 634. The van der Waals surface area contributed by atoms with Crippen LogP contribution in [0.3, 0.4) is 0 Å². The Kier molecular flexibility index (Phi) is 3.96. The number of allylic oxidation sites excluding steroid dienone is 3. The molecule has 0 bridgehead atoms. The molecule has 4 heteroatoms. The van der Waals surface area contributed by atoms with Crippen molar-refractivity contribution in [3.05, 3.63) is 53.3 Å². The number of para-hydroxylation sites is 1. The molecule has 0 spiro atoms. The van der Waals surface area contributed by atoms with Crippen LogP contribution in [0.4, 0.5) is 0 Å². The first-order valence-electron chi connectivity index (χ1n) is 5.79. The minimum atomic E-state index is 0.0569. The third kappa shape index (κ3) is 3.00. The van der Waals surface area contributed by atoms with Crippen molar-refractivity contribution in [2.24, 2.45) is 10.2 Å². The number of phenolic OH excluding ortho intramolecular Hbond substituents is 1. The van der Waals surface area contributed by atoms with Gasteiger partial charge in [0, 0.05) is 11.1 Å². The number of ether oxygens (including phenoxy) is 1. The largest absolute Gasteiger partial charge is 0.504 e. The van der Waals surface area contributed by atoms with Gasteiger partial charge < -0.3 is 9.84 Å². The number of aromatic hydroxyl groups is 1. The van der Waals surface area contributed by atoms with Gasteiger partial charge in [-0.05, 0) is 31.2 Å². The average molecular weight is 254 g/mol. The van der Waals surface area contributed by atoms with Crippen molar-refractivity contribution in [3.8, 4) is 11.5 Å². The summed E-state index contributed by atoms with van der Waals surface area (Å²) in [4.78, 5) is 0. The summed E-state index contributed by atoms with van der Waals surface area (Å²) in [5.41, 5.74) is 5.28. The van der Waals surface area contributed by atoms with Crippen molar-refractivity contribution in [3.63, 3.8) is 0 Å². The van der Waals surface area contributed by atoms with E-state index in [1.54, 1.807) is 18.2 Å². The summed E-state index contributed by atoms with van der Waals surface area (Å²) >= 11 is 0. The standard InChI is InChI=1S/C15H14N2O2/c1-11(12-6-3-4-7-12)17-16-10-13-8-5-9-14(19-2)15(13)18/h3-6,8-10,18H,1-2H3/b16-10+,17-11+. The van der Waals surface area contributed by atoms with Gasteiger partial charge in [0.15, 0.2) is 11.5 Å². The lowest BCUT2D eigenvalue weighted by Crippen LogP contribution is -1.92. The molecule has 0 aliphatic heterocycles. The van der Waals surface area contributed by atoms with Gasteiger partial charge in [-0.3, -0.25) is 0 Å². The number of methoxy groups -OCH3 is 1. The fraction of sp³-hybridized carbons (Fsp3) is 0.133. The maximum absolute atomic E-state index is 9.87. The molecule has 0 amide bonds. The zero-order valence-electron chi connectivity index (χ0n) is 10.8. The molecule has 1 aliphatic rings. The highest BCUT2D eigenvalue weighted by atomic mass is 16.5. The van der Waals surface area contributed by atoms with E-state index in [9.17, 15) is 5.11 Å². The quantitative estimate of drug-likeness (QED) is 0.510. The van der Waals surface area contributed by atoms with E-state index >= 15 is 0 Å². The fourth-order valence-electron chi connectivity index (χ4n) is 1.60. The topological polar surface area (TPSA) is 54.2 Å². The van der Waals surface area contributed by atoms with E-state index in [2.05, 4.69) is 15.9 Å². The van der Waals surface area contributed by atoms with Crippen molar-refractivity contribution < 1.29 is 9.84 Å². The van der Waals surface area contributed by atoms with Crippen molar-refractivity contribution in [2.75, 3.05) is 7.11 Å². The van der Waals surface area contributed by atoms with Crippen LogP contribution in [0.15, 0.2) is 57.9 Å². The van der Waals surface area contributed by atoms with Gasteiger partial charge in [-0.25, -0.2) is 0 Å². The van der Waals surface area contributed by atoms with Crippen molar-refractivity contribution >= 4 is 11.9 Å². The first kappa shape index (κ1) is 12.9. The number of phenols is 1. The summed E-state index contributed by atoms with van der Waals surface area (Å²) in [6.07, 6.45) is 7.12. The lowest BCUT2D eigenvalue weighted by molar-refractivity contribution is 0.373. The van der Waals surface area contributed by atoms with Crippen molar-refractivity contribution in [1.29, 1.82) is 0 Å². The number of nitrogens with zero attached hydrogens (tertiary/aromatic N) is 2. The summed E-state index contributed by atoms with van der Waals surface area (Å²) in [6, 6.07) is 5.20. The fourth-order valence-corrected chi connectivity index (χ4v) is 1.60. The van der Waals surface area contributed by atoms with Gasteiger partial charge >= 0.3 is 0 Å². The van der Waals surface area contributed by atoms with E-state index in [1.807, 2.05) is 25.2 Å². The molecule has 0 heterocycles. The highest BCUT2D eigenvalue weighted by molar-refractivity contribution is 6.01. The number of benzene rings is 1. The summed E-state index contributed by atoms with van der Waals surface area (Å²) in [6.45, 7) is 1.86. The molecule has 0 aromatic heterocycles. The van der Waals surface area contributed by atoms with Crippen LogP contribution in [0.1, 0.15) is 12.5 Å². The average Bonchev–Trinajstić information content (AvgIpc) is 2.94. The SMILES string of the molecule is COc1cccc(/C=N/N=C(\C)C2=C=CC=C2)c1O. The molecule has 1 aromatic carbocycles. The van der Waals surface area contributed by atoms with E-state index in [0.717, 1.165) is 11.3 Å². The molecule has 96 valence electrons. The predicted molar refractivity (Wildman–Crippen MR) is 76.1 cm³/mol. The van der Waals surface area contributed by atoms with E-state index in [1.165, 1.54) is 13.3 Å². The maximum atomic E-state index is 9.87. The van der Waals surface area contributed by atoms with Gasteiger partial charge in [-0.1, -0.05) is 12.1 Å². The van der Waals surface area contributed by atoms with E-state index in [4.69, 9.17) is 4.74 Å². The Morgan fingerprint density at radius 1 is 1.42 bits per heavy atom. The molecular formula is C15H14N2O2. The van der Waals surface area contributed by atoms with Crippen LogP contribution in [0, 0.1) is 0 Å². The molecule has 0 saturated carbocycles. The summed E-state index contributed by atoms with van der Waals surface area (Å²) < 4.78 is 5.02. The van der Waals surface area contributed by atoms with Crippen molar-refractivity contribution in [1.82, 2.24) is 0 Å². The lowest BCUT2D eigenvalue weighted by atomic mass is 10.2. The van der Waals surface area contributed by atoms with Gasteiger partial charge in [-0.15, -0.1) is 5.73 Å². The normalized spacial score (nSPS) is 14.2. The molecule has 1 N–H and O–H groups in total. The number of rotatable bonds is 4. The second kappa shape index (κ2) is 5.85. The summed E-state index contributed by atoms with van der Waals surface area (Å²) in [7, 11) is 1.50. The Balaban J connectivity index is 2.17. The van der Waals surface area contributed by atoms with Crippen LogP contribution < -0.4 is 4.74 Å². The molecule has 2 rings (SSSR count). The Labute approximate surface area is 111 Å². The van der Waals surface area contributed by atoms with Gasteiger partial charge in [0.25, 0.3) is 0 Å². The van der Waals surface area contributed by atoms with E-state index in [0.29, 0.717) is 11.3 Å². The predicted octanol–water partition coefficient (Wildman–Crippen LogP) is 2.85. The highest BCUT2D eigenvalue weighted by Crippen LogP contribution is 2.27.